The summed E-state index contributed by atoms with van der Waals surface area (Å²) < 4.78 is 3.32. The number of aryl methyl sites for hydroxylation is 2. The number of rotatable bonds is 6. The molecule has 0 spiro atoms. The van der Waals surface area contributed by atoms with Crippen LogP contribution in [-0.2, 0) is 13.0 Å². The molecule has 1 aromatic rings. The molecule has 1 aromatic heterocycles. The molecule has 1 aliphatic rings. The molecule has 1 N–H and O–H groups in total. The van der Waals surface area contributed by atoms with Gasteiger partial charge in [-0.2, -0.15) is 5.10 Å². The van der Waals surface area contributed by atoms with Crippen molar-refractivity contribution in [3.05, 3.63) is 15.9 Å². The minimum atomic E-state index is 0.656. The third-order valence-corrected chi connectivity index (χ3v) is 4.89. The Morgan fingerprint density at radius 2 is 2.22 bits per heavy atom. The lowest BCUT2D eigenvalue weighted by molar-refractivity contribution is 0.319. The predicted molar refractivity (Wildman–Crippen MR) is 78.8 cm³/mol. The van der Waals surface area contributed by atoms with Gasteiger partial charge in [-0.3, -0.25) is 4.68 Å². The zero-order valence-electron chi connectivity index (χ0n) is 11.7. The van der Waals surface area contributed by atoms with Crippen LogP contribution < -0.4 is 5.32 Å². The maximum Gasteiger partial charge on any atom is 0.0738 e. The number of hydrogen-bond donors (Lipinski definition) is 1. The van der Waals surface area contributed by atoms with E-state index in [1.807, 2.05) is 0 Å². The van der Waals surface area contributed by atoms with Gasteiger partial charge < -0.3 is 5.32 Å². The molecule has 1 aliphatic carbocycles. The van der Waals surface area contributed by atoms with Crippen LogP contribution in [0.15, 0.2) is 4.47 Å². The monoisotopic (exact) mass is 313 g/mol. The average Bonchev–Trinajstić information content (AvgIpc) is 2.55. The summed E-state index contributed by atoms with van der Waals surface area (Å²) in [5.41, 5.74) is 2.45. The van der Waals surface area contributed by atoms with Gasteiger partial charge in [-0.25, -0.2) is 0 Å². The van der Waals surface area contributed by atoms with E-state index < -0.39 is 0 Å². The molecule has 102 valence electrons. The molecule has 0 aliphatic heterocycles. The maximum atomic E-state index is 4.55. The molecule has 0 aromatic carbocycles. The van der Waals surface area contributed by atoms with Gasteiger partial charge in [0, 0.05) is 12.6 Å². The van der Waals surface area contributed by atoms with Crippen molar-refractivity contribution in [2.24, 2.45) is 5.92 Å². The van der Waals surface area contributed by atoms with Crippen molar-refractivity contribution in [2.75, 3.05) is 6.54 Å². The summed E-state index contributed by atoms with van der Waals surface area (Å²) in [6.07, 6.45) is 5.22. The fraction of sp³-hybridized carbons (Fsp3) is 0.786. The van der Waals surface area contributed by atoms with Gasteiger partial charge in [-0.1, -0.05) is 13.3 Å². The Bertz CT molecular complexity index is 396. The van der Waals surface area contributed by atoms with E-state index in [1.54, 1.807) is 0 Å². The first-order valence-corrected chi connectivity index (χ1v) is 7.86. The first-order chi connectivity index (χ1) is 8.61. The summed E-state index contributed by atoms with van der Waals surface area (Å²) in [6, 6.07) is 0.786. The highest BCUT2D eigenvalue weighted by Crippen LogP contribution is 2.24. The van der Waals surface area contributed by atoms with Gasteiger partial charge in [-0.05, 0) is 61.5 Å². The quantitative estimate of drug-likeness (QED) is 0.873. The summed E-state index contributed by atoms with van der Waals surface area (Å²) in [5, 5.41) is 8.21. The minimum Gasteiger partial charge on any atom is -0.314 e. The third kappa shape index (κ3) is 3.15. The number of aromatic nitrogens is 2. The molecule has 1 unspecified atom stereocenters. The molecule has 1 saturated carbocycles. The van der Waals surface area contributed by atoms with Crippen molar-refractivity contribution in [3.8, 4) is 0 Å². The molecular formula is C14H24BrN3. The smallest absolute Gasteiger partial charge is 0.0738 e. The highest BCUT2D eigenvalue weighted by atomic mass is 79.9. The Hall–Kier alpha value is -0.350. The van der Waals surface area contributed by atoms with Gasteiger partial charge in [0.05, 0.1) is 15.9 Å². The van der Waals surface area contributed by atoms with Crippen molar-refractivity contribution in [2.45, 2.75) is 59.0 Å². The van der Waals surface area contributed by atoms with E-state index in [2.05, 4.69) is 51.8 Å². The predicted octanol–water partition coefficient (Wildman–Crippen LogP) is 3.29. The highest BCUT2D eigenvalue weighted by Gasteiger charge is 2.19. The van der Waals surface area contributed by atoms with E-state index in [0.29, 0.717) is 5.92 Å². The normalized spacial score (nSPS) is 17.8. The van der Waals surface area contributed by atoms with Crippen molar-refractivity contribution < 1.29 is 0 Å². The zero-order valence-corrected chi connectivity index (χ0v) is 13.3. The summed E-state index contributed by atoms with van der Waals surface area (Å²) >= 11 is 3.67. The van der Waals surface area contributed by atoms with Crippen LogP contribution in [0.3, 0.4) is 0 Å². The van der Waals surface area contributed by atoms with Crippen molar-refractivity contribution >= 4 is 15.9 Å². The molecule has 0 bridgehead atoms. The zero-order chi connectivity index (χ0) is 13.1. The van der Waals surface area contributed by atoms with Crippen LogP contribution in [0.1, 0.15) is 44.5 Å². The number of nitrogens with one attached hydrogen (secondary N) is 1. The Kier molecular flexibility index (Phi) is 4.84. The summed E-state index contributed by atoms with van der Waals surface area (Å²) in [5.74, 6) is 0.656. The molecule has 1 heterocycles. The summed E-state index contributed by atoms with van der Waals surface area (Å²) in [4.78, 5) is 0. The molecule has 18 heavy (non-hydrogen) atoms. The third-order valence-electron chi connectivity index (χ3n) is 3.85. The standard InChI is InChI=1S/C14H24BrN3/c1-4-18-13(14(15)11(3)17-18)8-10(2)9-16-12-6-5-7-12/h10,12,16H,4-9H2,1-3H3. The lowest BCUT2D eigenvalue weighted by Crippen LogP contribution is -2.38. The fourth-order valence-electron chi connectivity index (χ4n) is 2.45. The van der Waals surface area contributed by atoms with Crippen LogP contribution in [0.4, 0.5) is 0 Å². The Labute approximate surface area is 118 Å². The lowest BCUT2D eigenvalue weighted by Gasteiger charge is -2.28. The van der Waals surface area contributed by atoms with E-state index in [4.69, 9.17) is 0 Å². The Morgan fingerprint density at radius 3 is 2.78 bits per heavy atom. The Balaban J connectivity index is 1.90. The van der Waals surface area contributed by atoms with Crippen LogP contribution in [0, 0.1) is 12.8 Å². The number of hydrogen-bond acceptors (Lipinski definition) is 2. The van der Waals surface area contributed by atoms with E-state index >= 15 is 0 Å². The minimum absolute atomic E-state index is 0.656. The second-order valence-electron chi connectivity index (χ2n) is 5.51. The van der Waals surface area contributed by atoms with Crippen LogP contribution in [0.5, 0.6) is 0 Å². The van der Waals surface area contributed by atoms with E-state index in [-0.39, 0.29) is 0 Å². The van der Waals surface area contributed by atoms with Gasteiger partial charge in [0.2, 0.25) is 0 Å². The lowest BCUT2D eigenvalue weighted by atomic mass is 9.92. The number of nitrogens with zero attached hydrogens (tertiary/aromatic N) is 2. The Morgan fingerprint density at radius 1 is 1.50 bits per heavy atom. The van der Waals surface area contributed by atoms with Crippen LogP contribution >= 0.6 is 15.9 Å². The van der Waals surface area contributed by atoms with Gasteiger partial charge in [0.15, 0.2) is 0 Å². The second kappa shape index (κ2) is 6.20. The molecule has 3 nitrogen and oxygen atoms in total. The highest BCUT2D eigenvalue weighted by molar-refractivity contribution is 9.10. The SMILES string of the molecule is CCn1nc(C)c(Br)c1CC(C)CNC1CCC1. The summed E-state index contributed by atoms with van der Waals surface area (Å²) in [7, 11) is 0. The van der Waals surface area contributed by atoms with Crippen LogP contribution in [-0.4, -0.2) is 22.4 Å². The van der Waals surface area contributed by atoms with E-state index in [0.717, 1.165) is 31.2 Å². The molecular weight excluding hydrogens is 290 g/mol. The first kappa shape index (κ1) is 14.1. The molecule has 0 amide bonds. The second-order valence-corrected chi connectivity index (χ2v) is 6.30. The topological polar surface area (TPSA) is 29.9 Å². The van der Waals surface area contributed by atoms with E-state index in [9.17, 15) is 0 Å². The average molecular weight is 314 g/mol. The molecule has 1 fully saturated rings. The largest absolute Gasteiger partial charge is 0.314 e. The van der Waals surface area contributed by atoms with Crippen molar-refractivity contribution in [1.82, 2.24) is 15.1 Å². The van der Waals surface area contributed by atoms with Crippen LogP contribution in [0.2, 0.25) is 0 Å². The van der Waals surface area contributed by atoms with Crippen molar-refractivity contribution in [3.63, 3.8) is 0 Å². The molecule has 0 radical (unpaired) electrons. The van der Waals surface area contributed by atoms with Crippen molar-refractivity contribution in [1.29, 1.82) is 0 Å². The maximum absolute atomic E-state index is 4.55. The first-order valence-electron chi connectivity index (χ1n) is 7.07. The molecule has 0 saturated heterocycles. The summed E-state index contributed by atoms with van der Waals surface area (Å²) in [6.45, 7) is 8.60. The van der Waals surface area contributed by atoms with Gasteiger partial charge >= 0.3 is 0 Å². The van der Waals surface area contributed by atoms with Crippen LogP contribution in [0.25, 0.3) is 0 Å². The van der Waals surface area contributed by atoms with Gasteiger partial charge in [-0.15, -0.1) is 0 Å². The molecule has 2 rings (SSSR count). The van der Waals surface area contributed by atoms with Gasteiger partial charge in [0.1, 0.15) is 0 Å². The molecule has 1 atom stereocenters. The number of halogens is 1. The van der Waals surface area contributed by atoms with Gasteiger partial charge in [0.25, 0.3) is 0 Å². The van der Waals surface area contributed by atoms with E-state index in [1.165, 1.54) is 29.4 Å². The molecule has 4 heteroatoms. The fourth-order valence-corrected chi connectivity index (χ4v) is 2.89.